The van der Waals surface area contributed by atoms with Gasteiger partial charge in [-0.25, -0.2) is 4.79 Å². The first-order chi connectivity index (χ1) is 5.93. The minimum absolute atomic E-state index is 0.671. The number of carboxylic acids is 3. The number of carboxylic acid groups (broad SMARTS) is 3. The maximum atomic E-state index is 10.3. The highest BCUT2D eigenvalue weighted by molar-refractivity contribution is 6.38. The molecule has 0 aromatic carbocycles. The molecule has 0 saturated heterocycles. The lowest BCUT2D eigenvalue weighted by atomic mass is 10.3. The predicted molar refractivity (Wildman–Crippen MR) is 39.8 cm³/mol. The van der Waals surface area contributed by atoms with Crippen LogP contribution >= 0.6 is 0 Å². The third kappa shape index (κ3) is 5.36. The molecule has 0 aliphatic heterocycles. The van der Waals surface area contributed by atoms with Crippen molar-refractivity contribution < 1.29 is 29.7 Å². The van der Waals surface area contributed by atoms with Crippen molar-refractivity contribution in [1.29, 1.82) is 0 Å². The van der Waals surface area contributed by atoms with Crippen LogP contribution in [-0.2, 0) is 14.4 Å². The van der Waals surface area contributed by atoms with Gasteiger partial charge in [-0.1, -0.05) is 0 Å². The Labute approximate surface area is 72.3 Å². The van der Waals surface area contributed by atoms with Gasteiger partial charge in [0.05, 0.1) is 6.42 Å². The van der Waals surface area contributed by atoms with Crippen LogP contribution in [-0.4, -0.2) is 45.5 Å². The van der Waals surface area contributed by atoms with E-state index in [2.05, 4.69) is 4.99 Å². The second-order valence-corrected chi connectivity index (χ2v) is 2.03. The summed E-state index contributed by atoms with van der Waals surface area (Å²) in [7, 11) is 0. The first-order valence-corrected chi connectivity index (χ1v) is 3.13. The largest absolute Gasteiger partial charge is 0.481 e. The number of aliphatic imine (C=N–C) groups is 1. The van der Waals surface area contributed by atoms with Crippen molar-refractivity contribution in [1.82, 2.24) is 0 Å². The van der Waals surface area contributed by atoms with Gasteiger partial charge >= 0.3 is 17.9 Å². The van der Waals surface area contributed by atoms with E-state index in [1.807, 2.05) is 0 Å². The van der Waals surface area contributed by atoms with Gasteiger partial charge < -0.3 is 15.3 Å². The predicted octanol–water partition coefficient (Wildman–Crippen LogP) is -0.929. The van der Waals surface area contributed by atoms with E-state index in [1.165, 1.54) is 0 Å². The van der Waals surface area contributed by atoms with Crippen LogP contribution < -0.4 is 0 Å². The van der Waals surface area contributed by atoms with Crippen LogP contribution in [0, 0.1) is 0 Å². The Morgan fingerprint density at radius 2 is 1.54 bits per heavy atom. The molecule has 0 spiro atoms. The van der Waals surface area contributed by atoms with Crippen LogP contribution in [0.25, 0.3) is 0 Å². The van der Waals surface area contributed by atoms with Gasteiger partial charge in [0.25, 0.3) is 0 Å². The van der Waals surface area contributed by atoms with E-state index in [4.69, 9.17) is 15.3 Å². The lowest BCUT2D eigenvalue weighted by Crippen LogP contribution is -2.19. The van der Waals surface area contributed by atoms with Gasteiger partial charge in [-0.3, -0.25) is 14.6 Å². The van der Waals surface area contributed by atoms with Gasteiger partial charge in [-0.15, -0.1) is 0 Å². The zero-order valence-electron chi connectivity index (χ0n) is 6.43. The molecule has 7 nitrogen and oxygen atoms in total. The number of rotatable bonds is 5. The molecule has 0 aliphatic rings. The van der Waals surface area contributed by atoms with Crippen molar-refractivity contribution in [3.05, 3.63) is 0 Å². The first kappa shape index (κ1) is 11.1. The topological polar surface area (TPSA) is 124 Å². The minimum atomic E-state index is -1.52. The molecule has 0 atom stereocenters. The van der Waals surface area contributed by atoms with Crippen molar-refractivity contribution in [3.63, 3.8) is 0 Å². The molecule has 0 rings (SSSR count). The summed E-state index contributed by atoms with van der Waals surface area (Å²) < 4.78 is 0. The Bertz CT molecular complexity index is 268. The smallest absolute Gasteiger partial charge is 0.350 e. The fraction of sp³-hybridized carbons (Fsp3) is 0.333. The highest BCUT2D eigenvalue weighted by Crippen LogP contribution is 1.89. The molecule has 0 heterocycles. The third-order valence-corrected chi connectivity index (χ3v) is 0.971. The van der Waals surface area contributed by atoms with Gasteiger partial charge in [-0.2, -0.15) is 0 Å². The highest BCUT2D eigenvalue weighted by atomic mass is 16.4. The van der Waals surface area contributed by atoms with E-state index in [9.17, 15) is 14.4 Å². The van der Waals surface area contributed by atoms with Crippen LogP contribution in [0.5, 0.6) is 0 Å². The van der Waals surface area contributed by atoms with Crippen LogP contribution in [0.1, 0.15) is 6.42 Å². The molecular weight excluding hydrogens is 182 g/mol. The fourth-order valence-electron chi connectivity index (χ4n) is 0.505. The number of carbonyl (C=O) groups is 3. The molecule has 0 aromatic rings. The van der Waals surface area contributed by atoms with Gasteiger partial charge in [0, 0.05) is 0 Å². The average molecular weight is 189 g/mol. The van der Waals surface area contributed by atoms with E-state index in [1.54, 1.807) is 0 Å². The molecular formula is C6H7NO6. The van der Waals surface area contributed by atoms with E-state index in [-0.39, 0.29) is 0 Å². The van der Waals surface area contributed by atoms with Gasteiger partial charge in [-0.05, 0) is 0 Å². The van der Waals surface area contributed by atoms with Crippen molar-refractivity contribution >= 4 is 23.6 Å². The summed E-state index contributed by atoms with van der Waals surface area (Å²) >= 11 is 0. The maximum Gasteiger partial charge on any atom is 0.350 e. The normalized spacial score (nSPS) is 10.9. The molecule has 0 saturated carbocycles. The molecule has 0 fully saturated rings. The number of hydrogen-bond acceptors (Lipinski definition) is 4. The molecule has 0 aliphatic carbocycles. The van der Waals surface area contributed by atoms with Crippen LogP contribution in [0.15, 0.2) is 4.99 Å². The third-order valence-electron chi connectivity index (χ3n) is 0.971. The lowest BCUT2D eigenvalue weighted by molar-refractivity contribution is -0.137. The Balaban J connectivity index is 4.41. The highest BCUT2D eigenvalue weighted by Gasteiger charge is 2.13. The quantitative estimate of drug-likeness (QED) is 0.480. The average Bonchev–Trinajstić information content (AvgIpc) is 1.96. The Morgan fingerprint density at radius 3 is 1.85 bits per heavy atom. The van der Waals surface area contributed by atoms with E-state index in [0.29, 0.717) is 0 Å². The number of hydrogen-bond donors (Lipinski definition) is 3. The molecule has 72 valence electrons. The molecule has 0 amide bonds. The summed E-state index contributed by atoms with van der Waals surface area (Å²) in [6, 6.07) is 0. The van der Waals surface area contributed by atoms with Crippen LogP contribution in [0.2, 0.25) is 0 Å². The minimum Gasteiger partial charge on any atom is -0.481 e. The van der Waals surface area contributed by atoms with Crippen molar-refractivity contribution in [3.8, 4) is 0 Å². The summed E-state index contributed by atoms with van der Waals surface area (Å²) in [5.41, 5.74) is -0.671. The van der Waals surface area contributed by atoms with Gasteiger partial charge in [0.1, 0.15) is 12.3 Å². The molecule has 13 heavy (non-hydrogen) atoms. The van der Waals surface area contributed by atoms with Gasteiger partial charge in [0.2, 0.25) is 0 Å². The summed E-state index contributed by atoms with van der Waals surface area (Å²) in [5, 5.41) is 24.7. The zero-order valence-corrected chi connectivity index (χ0v) is 6.43. The molecule has 0 unspecified atom stereocenters. The molecule has 7 heteroatoms. The monoisotopic (exact) mass is 189 g/mol. The summed E-state index contributed by atoms with van der Waals surface area (Å²) in [6.07, 6.45) is -0.789. The standard InChI is InChI=1S/C6H7NO6/c8-4(9)1-3(6(12)13)7-2-5(10)11/h1-2H2,(H,8,9)(H,10,11)(H,12,13). The van der Waals surface area contributed by atoms with E-state index in [0.717, 1.165) is 0 Å². The van der Waals surface area contributed by atoms with Crippen molar-refractivity contribution in [2.24, 2.45) is 4.99 Å². The molecule has 0 bridgehead atoms. The van der Waals surface area contributed by atoms with Gasteiger partial charge in [0.15, 0.2) is 0 Å². The van der Waals surface area contributed by atoms with E-state index < -0.39 is 36.6 Å². The SMILES string of the molecule is O=C(O)CN=C(CC(=O)O)C(=O)O. The lowest BCUT2D eigenvalue weighted by Gasteiger charge is -1.95. The fourth-order valence-corrected chi connectivity index (χ4v) is 0.505. The maximum absolute atomic E-state index is 10.3. The van der Waals surface area contributed by atoms with Crippen molar-refractivity contribution in [2.45, 2.75) is 6.42 Å². The Kier molecular flexibility index (Phi) is 4.14. The van der Waals surface area contributed by atoms with Crippen LogP contribution in [0.4, 0.5) is 0 Å². The summed E-state index contributed by atoms with van der Waals surface area (Å²) in [4.78, 5) is 33.4. The first-order valence-electron chi connectivity index (χ1n) is 3.13. The Morgan fingerprint density at radius 1 is 1.00 bits per heavy atom. The summed E-state index contributed by atoms with van der Waals surface area (Å²) in [5.74, 6) is -4.21. The molecule has 0 radical (unpaired) electrons. The Hall–Kier alpha value is -1.92. The zero-order chi connectivity index (χ0) is 10.4. The second kappa shape index (κ2) is 4.86. The molecule has 3 N–H and O–H groups in total. The number of nitrogens with zero attached hydrogens (tertiary/aromatic N) is 1. The number of aliphatic carboxylic acids is 3. The summed E-state index contributed by atoms with van der Waals surface area (Å²) in [6.45, 7) is -0.741. The van der Waals surface area contributed by atoms with Crippen molar-refractivity contribution in [2.75, 3.05) is 6.54 Å². The van der Waals surface area contributed by atoms with Crippen LogP contribution in [0.3, 0.4) is 0 Å². The van der Waals surface area contributed by atoms with E-state index >= 15 is 0 Å². The second-order valence-electron chi connectivity index (χ2n) is 2.03. The molecule has 0 aromatic heterocycles.